The van der Waals surface area contributed by atoms with Crippen LogP contribution in [-0.2, 0) is 4.74 Å². The van der Waals surface area contributed by atoms with Gasteiger partial charge < -0.3 is 9.30 Å². The van der Waals surface area contributed by atoms with Crippen LogP contribution in [-0.4, -0.2) is 22.1 Å². The highest BCUT2D eigenvalue weighted by atomic mass is 35.5. The van der Waals surface area contributed by atoms with Crippen molar-refractivity contribution in [1.29, 1.82) is 0 Å². The van der Waals surface area contributed by atoms with E-state index in [0.717, 1.165) is 23.9 Å². The molecule has 5 heteroatoms. The number of carbonyl (C=O) groups excluding carboxylic acids is 1. The van der Waals surface area contributed by atoms with E-state index in [1.165, 1.54) is 0 Å². The van der Waals surface area contributed by atoms with Gasteiger partial charge in [0, 0.05) is 6.04 Å². The van der Waals surface area contributed by atoms with Crippen LogP contribution in [0.3, 0.4) is 0 Å². The number of benzene rings is 1. The van der Waals surface area contributed by atoms with Crippen molar-refractivity contribution in [2.45, 2.75) is 25.8 Å². The summed E-state index contributed by atoms with van der Waals surface area (Å²) < 4.78 is 6.98. The van der Waals surface area contributed by atoms with Gasteiger partial charge in [-0.15, -0.1) is 0 Å². The average Bonchev–Trinajstić information content (AvgIpc) is 3.10. The van der Waals surface area contributed by atoms with Gasteiger partial charge in [-0.05, 0) is 31.9 Å². The van der Waals surface area contributed by atoms with Crippen LogP contribution in [0.2, 0.25) is 5.02 Å². The fourth-order valence-electron chi connectivity index (χ4n) is 2.13. The molecular formula is C13H13ClN2O2. The molecule has 3 rings (SSSR count). The number of aromatic nitrogens is 2. The predicted molar refractivity (Wildman–Crippen MR) is 69.0 cm³/mol. The minimum absolute atomic E-state index is 0.328. The zero-order chi connectivity index (χ0) is 12.7. The Bertz CT molecular complexity index is 617. The third kappa shape index (κ3) is 1.77. The zero-order valence-electron chi connectivity index (χ0n) is 10.0. The normalized spacial score (nSPS) is 15.0. The van der Waals surface area contributed by atoms with Crippen LogP contribution in [0.25, 0.3) is 11.0 Å². The topological polar surface area (TPSA) is 44.1 Å². The first-order valence-electron chi connectivity index (χ1n) is 6.06. The molecule has 0 bridgehead atoms. The summed E-state index contributed by atoms with van der Waals surface area (Å²) >= 11 is 6.22. The van der Waals surface area contributed by atoms with E-state index in [2.05, 4.69) is 4.98 Å². The van der Waals surface area contributed by atoms with Crippen LogP contribution in [0.15, 0.2) is 18.2 Å². The molecule has 0 aliphatic heterocycles. The third-order valence-electron chi connectivity index (χ3n) is 3.03. The lowest BCUT2D eigenvalue weighted by Gasteiger charge is -2.07. The molecule has 0 N–H and O–H groups in total. The van der Waals surface area contributed by atoms with Gasteiger partial charge in [-0.25, -0.2) is 9.78 Å². The number of ether oxygens (including phenoxy) is 1. The summed E-state index contributed by atoms with van der Waals surface area (Å²) in [7, 11) is 0. The number of hydrogen-bond acceptors (Lipinski definition) is 3. The van der Waals surface area contributed by atoms with E-state index < -0.39 is 0 Å². The molecule has 0 unspecified atom stereocenters. The molecule has 1 aliphatic rings. The second kappa shape index (κ2) is 4.28. The summed E-state index contributed by atoms with van der Waals surface area (Å²) in [5.74, 6) is -0.0147. The fourth-order valence-corrected chi connectivity index (χ4v) is 2.40. The maximum absolute atomic E-state index is 11.9. The van der Waals surface area contributed by atoms with Crippen LogP contribution < -0.4 is 0 Å². The lowest BCUT2D eigenvalue weighted by molar-refractivity contribution is 0.0507. The molecule has 0 spiro atoms. The van der Waals surface area contributed by atoms with Crippen LogP contribution in [0, 0.1) is 0 Å². The Morgan fingerprint density at radius 1 is 1.56 bits per heavy atom. The zero-order valence-corrected chi connectivity index (χ0v) is 10.8. The molecule has 1 heterocycles. The number of carbonyl (C=O) groups is 1. The van der Waals surface area contributed by atoms with Gasteiger partial charge >= 0.3 is 5.97 Å². The second-order valence-electron chi connectivity index (χ2n) is 4.36. The minimum atomic E-state index is -0.378. The molecular weight excluding hydrogens is 252 g/mol. The summed E-state index contributed by atoms with van der Waals surface area (Å²) in [5, 5.41) is 0.627. The fraction of sp³-hybridized carbons (Fsp3) is 0.385. The second-order valence-corrected chi connectivity index (χ2v) is 4.77. The van der Waals surface area contributed by atoms with Crippen molar-refractivity contribution in [3.63, 3.8) is 0 Å². The largest absolute Gasteiger partial charge is 0.460 e. The number of imidazole rings is 1. The van der Waals surface area contributed by atoms with Crippen molar-refractivity contribution >= 4 is 28.6 Å². The maximum Gasteiger partial charge on any atom is 0.374 e. The van der Waals surface area contributed by atoms with Gasteiger partial charge in [-0.1, -0.05) is 17.7 Å². The van der Waals surface area contributed by atoms with Crippen LogP contribution in [0.1, 0.15) is 36.4 Å². The Morgan fingerprint density at radius 3 is 3.00 bits per heavy atom. The van der Waals surface area contributed by atoms with Crippen LogP contribution in [0.4, 0.5) is 0 Å². The van der Waals surface area contributed by atoms with Gasteiger partial charge in [0.1, 0.15) is 0 Å². The van der Waals surface area contributed by atoms with E-state index in [1.54, 1.807) is 6.92 Å². The van der Waals surface area contributed by atoms with E-state index in [1.807, 2.05) is 22.8 Å². The highest BCUT2D eigenvalue weighted by molar-refractivity contribution is 6.35. The number of fused-ring (bicyclic) bond motifs is 1. The molecule has 4 nitrogen and oxygen atoms in total. The van der Waals surface area contributed by atoms with E-state index in [0.29, 0.717) is 23.5 Å². The average molecular weight is 265 g/mol. The smallest absolute Gasteiger partial charge is 0.374 e. The van der Waals surface area contributed by atoms with Gasteiger partial charge in [-0.2, -0.15) is 0 Å². The number of rotatable bonds is 3. The molecule has 0 amide bonds. The third-order valence-corrected chi connectivity index (χ3v) is 3.34. The van der Waals surface area contributed by atoms with E-state index >= 15 is 0 Å². The molecule has 0 atom stereocenters. The van der Waals surface area contributed by atoms with Gasteiger partial charge in [0.2, 0.25) is 5.82 Å². The summed E-state index contributed by atoms with van der Waals surface area (Å²) in [6, 6.07) is 5.85. The highest BCUT2D eigenvalue weighted by Gasteiger charge is 2.31. The van der Waals surface area contributed by atoms with Crippen molar-refractivity contribution in [2.24, 2.45) is 0 Å². The SMILES string of the molecule is CCOC(=O)c1nc2cccc(Cl)c2n1C1CC1. The Labute approximate surface area is 110 Å². The lowest BCUT2D eigenvalue weighted by atomic mass is 10.3. The molecule has 0 radical (unpaired) electrons. The van der Waals surface area contributed by atoms with Crippen molar-refractivity contribution < 1.29 is 9.53 Å². The van der Waals surface area contributed by atoms with Crippen molar-refractivity contribution in [3.05, 3.63) is 29.0 Å². The Morgan fingerprint density at radius 2 is 2.33 bits per heavy atom. The van der Waals surface area contributed by atoms with E-state index in [-0.39, 0.29) is 5.97 Å². The number of esters is 1. The summed E-state index contributed by atoms with van der Waals surface area (Å²) in [5.41, 5.74) is 1.59. The van der Waals surface area contributed by atoms with Gasteiger partial charge in [-0.3, -0.25) is 0 Å². The van der Waals surface area contributed by atoms with Gasteiger partial charge in [0.15, 0.2) is 0 Å². The number of nitrogens with zero attached hydrogens (tertiary/aromatic N) is 2. The molecule has 1 aromatic carbocycles. The molecule has 0 saturated heterocycles. The Hall–Kier alpha value is -1.55. The summed E-state index contributed by atoms with van der Waals surface area (Å²) in [6.07, 6.45) is 2.12. The highest BCUT2D eigenvalue weighted by Crippen LogP contribution is 2.40. The molecule has 1 aromatic heterocycles. The monoisotopic (exact) mass is 264 g/mol. The number of halogens is 1. The summed E-state index contributed by atoms with van der Waals surface area (Å²) in [6.45, 7) is 2.13. The van der Waals surface area contributed by atoms with E-state index in [4.69, 9.17) is 16.3 Å². The number of hydrogen-bond donors (Lipinski definition) is 0. The first kappa shape index (κ1) is 11.5. The Balaban J connectivity index is 2.21. The van der Waals surface area contributed by atoms with Gasteiger partial charge in [0.25, 0.3) is 0 Å². The quantitative estimate of drug-likeness (QED) is 0.800. The van der Waals surface area contributed by atoms with Crippen LogP contribution in [0.5, 0.6) is 0 Å². The first-order chi connectivity index (χ1) is 8.72. The predicted octanol–water partition coefficient (Wildman–Crippen LogP) is 3.20. The van der Waals surface area contributed by atoms with Gasteiger partial charge in [0.05, 0.1) is 22.7 Å². The van der Waals surface area contributed by atoms with E-state index in [9.17, 15) is 4.79 Å². The van der Waals surface area contributed by atoms with Crippen LogP contribution >= 0.6 is 11.6 Å². The first-order valence-corrected chi connectivity index (χ1v) is 6.43. The lowest BCUT2D eigenvalue weighted by Crippen LogP contribution is -2.12. The standard InChI is InChI=1S/C13H13ClN2O2/c1-2-18-13(17)12-15-10-5-3-4-9(14)11(10)16(12)8-6-7-8/h3-5,8H,2,6-7H2,1H3. The molecule has 18 heavy (non-hydrogen) atoms. The van der Waals surface area contributed by atoms with Crippen molar-refractivity contribution in [3.8, 4) is 0 Å². The molecule has 1 fully saturated rings. The minimum Gasteiger partial charge on any atom is -0.460 e. The number of para-hydroxylation sites is 1. The molecule has 94 valence electrons. The van der Waals surface area contributed by atoms with Crippen molar-refractivity contribution in [1.82, 2.24) is 9.55 Å². The maximum atomic E-state index is 11.9. The molecule has 1 saturated carbocycles. The molecule has 1 aliphatic carbocycles. The van der Waals surface area contributed by atoms with Crippen molar-refractivity contribution in [2.75, 3.05) is 6.61 Å². The summed E-state index contributed by atoms with van der Waals surface area (Å²) in [4.78, 5) is 16.3. The Kier molecular flexibility index (Phi) is 2.74. The molecule has 2 aromatic rings.